The SMILES string of the molecule is C=CC(=O)N1CC(NC(=O)c2c(C)nc(CNc3nc([SiH](C)C)c(Cl)cc3O)n2C)C1. The fraction of sp³-hybridized carbons (Fsp3) is 0.400. The van der Waals surface area contributed by atoms with E-state index in [4.69, 9.17) is 11.6 Å². The number of aryl methyl sites for hydroxylation is 1. The van der Waals surface area contributed by atoms with Gasteiger partial charge < -0.3 is 25.2 Å². The van der Waals surface area contributed by atoms with E-state index in [1.807, 2.05) is 0 Å². The molecule has 0 aromatic carbocycles. The monoisotopic (exact) mass is 462 g/mol. The molecule has 0 aliphatic carbocycles. The van der Waals surface area contributed by atoms with Gasteiger partial charge in [0.15, 0.2) is 11.6 Å². The number of hydrogen-bond donors (Lipinski definition) is 3. The summed E-state index contributed by atoms with van der Waals surface area (Å²) in [7, 11) is 0.500. The molecule has 11 heteroatoms. The van der Waals surface area contributed by atoms with Crippen LogP contribution < -0.4 is 16.0 Å². The number of rotatable bonds is 7. The molecule has 0 radical (unpaired) electrons. The van der Waals surface area contributed by atoms with E-state index in [9.17, 15) is 14.7 Å². The summed E-state index contributed by atoms with van der Waals surface area (Å²) < 4.78 is 1.72. The molecule has 0 spiro atoms. The zero-order valence-electron chi connectivity index (χ0n) is 18.1. The predicted molar refractivity (Wildman–Crippen MR) is 123 cm³/mol. The first-order valence-corrected chi connectivity index (χ1v) is 13.3. The molecule has 1 aliphatic rings. The average molecular weight is 463 g/mol. The molecule has 3 rings (SSSR count). The summed E-state index contributed by atoms with van der Waals surface area (Å²) in [5.41, 5.74) is 1.05. The first-order chi connectivity index (χ1) is 14.6. The van der Waals surface area contributed by atoms with Crippen LogP contribution in [0.15, 0.2) is 18.7 Å². The van der Waals surface area contributed by atoms with Gasteiger partial charge in [-0.25, -0.2) is 9.97 Å². The normalized spacial score (nSPS) is 13.8. The molecule has 0 saturated carbocycles. The highest BCUT2D eigenvalue weighted by Gasteiger charge is 2.31. The minimum atomic E-state index is -1.27. The highest BCUT2D eigenvalue weighted by Crippen LogP contribution is 2.24. The van der Waals surface area contributed by atoms with Crippen LogP contribution >= 0.6 is 11.6 Å². The maximum absolute atomic E-state index is 12.8. The highest BCUT2D eigenvalue weighted by molar-refractivity contribution is 6.72. The summed E-state index contributed by atoms with van der Waals surface area (Å²) in [5.74, 6) is 0.553. The van der Waals surface area contributed by atoms with Crippen LogP contribution in [0.5, 0.6) is 5.75 Å². The number of halogens is 1. The number of carbonyl (C=O) groups excluding carboxylic acids is 2. The van der Waals surface area contributed by atoms with Crippen molar-refractivity contribution in [1.29, 1.82) is 0 Å². The van der Waals surface area contributed by atoms with Crippen LogP contribution in [0, 0.1) is 6.92 Å². The Hall–Kier alpha value is -2.85. The van der Waals surface area contributed by atoms with Crippen molar-refractivity contribution < 1.29 is 14.7 Å². The van der Waals surface area contributed by atoms with Gasteiger partial charge in [-0.2, -0.15) is 0 Å². The van der Waals surface area contributed by atoms with Crippen molar-refractivity contribution in [3.63, 3.8) is 0 Å². The second-order valence-corrected chi connectivity index (χ2v) is 11.1. The number of hydrogen-bond acceptors (Lipinski definition) is 6. The molecule has 0 bridgehead atoms. The van der Waals surface area contributed by atoms with Crippen LogP contribution in [0.1, 0.15) is 22.0 Å². The highest BCUT2D eigenvalue weighted by atomic mass is 35.5. The Morgan fingerprint density at radius 1 is 1.39 bits per heavy atom. The lowest BCUT2D eigenvalue weighted by Gasteiger charge is -2.38. The maximum atomic E-state index is 12.8. The van der Waals surface area contributed by atoms with Crippen molar-refractivity contribution in [3.05, 3.63) is 41.0 Å². The van der Waals surface area contributed by atoms with Gasteiger partial charge in [-0.1, -0.05) is 31.3 Å². The topological polar surface area (TPSA) is 112 Å². The van der Waals surface area contributed by atoms with Crippen molar-refractivity contribution in [2.75, 3.05) is 18.4 Å². The van der Waals surface area contributed by atoms with Crippen molar-refractivity contribution in [3.8, 4) is 5.75 Å². The Labute approximate surface area is 187 Å². The molecular formula is C20H27ClN6O3Si. The lowest BCUT2D eigenvalue weighted by atomic mass is 10.1. The molecule has 9 nitrogen and oxygen atoms in total. The Bertz CT molecular complexity index is 1030. The van der Waals surface area contributed by atoms with E-state index in [0.717, 1.165) is 5.32 Å². The first-order valence-electron chi connectivity index (χ1n) is 10.00. The minimum absolute atomic E-state index is 0.0316. The van der Waals surface area contributed by atoms with Gasteiger partial charge in [0.25, 0.3) is 5.91 Å². The molecule has 166 valence electrons. The molecule has 31 heavy (non-hydrogen) atoms. The van der Waals surface area contributed by atoms with E-state index >= 15 is 0 Å². The van der Waals surface area contributed by atoms with E-state index in [2.05, 4.69) is 40.3 Å². The molecule has 3 N–H and O–H groups in total. The lowest BCUT2D eigenvalue weighted by Crippen LogP contribution is -2.60. The smallest absolute Gasteiger partial charge is 0.270 e. The summed E-state index contributed by atoms with van der Waals surface area (Å²) in [4.78, 5) is 34.9. The van der Waals surface area contributed by atoms with Gasteiger partial charge in [0.2, 0.25) is 5.91 Å². The number of aromatic nitrogens is 3. The van der Waals surface area contributed by atoms with E-state index in [1.165, 1.54) is 12.1 Å². The molecule has 3 heterocycles. The van der Waals surface area contributed by atoms with Gasteiger partial charge in [-0.15, -0.1) is 0 Å². The number of anilines is 1. The molecule has 1 aliphatic heterocycles. The van der Waals surface area contributed by atoms with Crippen LogP contribution in [0.4, 0.5) is 5.82 Å². The van der Waals surface area contributed by atoms with Gasteiger partial charge >= 0.3 is 0 Å². The Morgan fingerprint density at radius 2 is 2.06 bits per heavy atom. The van der Waals surface area contributed by atoms with Crippen molar-refractivity contribution in [1.82, 2.24) is 24.8 Å². The van der Waals surface area contributed by atoms with E-state index in [0.29, 0.717) is 41.1 Å². The van der Waals surface area contributed by atoms with Gasteiger partial charge in [0, 0.05) is 31.5 Å². The number of aromatic hydroxyl groups is 1. The fourth-order valence-electron chi connectivity index (χ4n) is 3.49. The second kappa shape index (κ2) is 9.11. The summed E-state index contributed by atoms with van der Waals surface area (Å²) in [6.07, 6.45) is 1.27. The molecule has 1 fully saturated rings. The van der Waals surface area contributed by atoms with Crippen LogP contribution in [0.3, 0.4) is 0 Å². The van der Waals surface area contributed by atoms with Crippen LogP contribution in [-0.4, -0.2) is 64.3 Å². The lowest BCUT2D eigenvalue weighted by molar-refractivity contribution is -0.130. The van der Waals surface area contributed by atoms with Crippen LogP contribution in [0.25, 0.3) is 0 Å². The molecule has 1 saturated heterocycles. The number of imidazole rings is 1. The Morgan fingerprint density at radius 3 is 2.68 bits per heavy atom. The number of nitrogens with zero attached hydrogens (tertiary/aromatic N) is 4. The average Bonchev–Trinajstić information content (AvgIpc) is 2.96. The third-order valence-corrected chi connectivity index (χ3v) is 7.24. The number of nitrogens with one attached hydrogen (secondary N) is 2. The van der Waals surface area contributed by atoms with Crippen molar-refractivity contribution in [2.45, 2.75) is 32.6 Å². The van der Waals surface area contributed by atoms with Crippen molar-refractivity contribution >= 4 is 43.3 Å². The summed E-state index contributed by atoms with van der Waals surface area (Å²) in [6, 6.07) is 1.40. The summed E-state index contributed by atoms with van der Waals surface area (Å²) in [6.45, 7) is 10.7. The third-order valence-electron chi connectivity index (χ3n) is 5.22. The predicted octanol–water partition coefficient (Wildman–Crippen LogP) is 0.915. The third kappa shape index (κ3) is 4.75. The van der Waals surface area contributed by atoms with Gasteiger partial charge in [0.1, 0.15) is 11.5 Å². The van der Waals surface area contributed by atoms with E-state index in [-0.39, 0.29) is 30.2 Å². The zero-order valence-corrected chi connectivity index (χ0v) is 20.0. The molecule has 2 aromatic heterocycles. The zero-order chi connectivity index (χ0) is 22.9. The standard InChI is InChI=1S/C20H27ClN6O3Si/c1-6-16(29)27-9-12(10-27)24-19(30)17-11(2)23-15(26(17)3)8-22-18-14(28)7-13(21)20(25-18)31(4)5/h6-7,12,28,31H,1,8-10H2,2-5H3,(H,22,25)(H,24,30). The largest absolute Gasteiger partial charge is 0.504 e. The van der Waals surface area contributed by atoms with E-state index < -0.39 is 8.80 Å². The Balaban J connectivity index is 1.68. The number of carbonyl (C=O) groups is 2. The quantitative estimate of drug-likeness (QED) is 0.416. The Kier molecular flexibility index (Phi) is 6.70. The molecular weight excluding hydrogens is 436 g/mol. The number of amides is 2. The summed E-state index contributed by atoms with van der Waals surface area (Å²) in [5, 5.41) is 17.5. The van der Waals surface area contributed by atoms with Gasteiger partial charge in [-0.3, -0.25) is 9.59 Å². The van der Waals surface area contributed by atoms with Gasteiger partial charge in [0.05, 0.1) is 32.1 Å². The molecule has 0 atom stereocenters. The van der Waals surface area contributed by atoms with Gasteiger partial charge in [-0.05, 0) is 13.0 Å². The number of pyridine rings is 1. The maximum Gasteiger partial charge on any atom is 0.270 e. The van der Waals surface area contributed by atoms with Crippen molar-refractivity contribution in [2.24, 2.45) is 7.05 Å². The van der Waals surface area contributed by atoms with Crippen LogP contribution in [-0.2, 0) is 18.4 Å². The van der Waals surface area contributed by atoms with E-state index in [1.54, 1.807) is 23.4 Å². The molecule has 2 aromatic rings. The first kappa shape index (κ1) is 22.8. The second-order valence-electron chi connectivity index (χ2n) is 7.87. The molecule has 2 amide bonds. The fourth-order valence-corrected chi connectivity index (χ4v) is 5.31. The molecule has 0 unspecified atom stereocenters. The minimum Gasteiger partial charge on any atom is -0.504 e. The van der Waals surface area contributed by atoms with Crippen LogP contribution in [0.2, 0.25) is 18.1 Å². The summed E-state index contributed by atoms with van der Waals surface area (Å²) >= 11 is 6.19. The number of likely N-dealkylation sites (tertiary alicyclic amines) is 1.